The molecule has 0 saturated carbocycles. The summed E-state index contributed by atoms with van der Waals surface area (Å²) in [6, 6.07) is 14.5. The van der Waals surface area contributed by atoms with Crippen LogP contribution in [0.5, 0.6) is 11.5 Å². The first kappa shape index (κ1) is 23.9. The summed E-state index contributed by atoms with van der Waals surface area (Å²) in [4.78, 5) is 19.6. The molecule has 34 heavy (non-hydrogen) atoms. The van der Waals surface area contributed by atoms with Gasteiger partial charge in [-0.2, -0.15) is 0 Å². The number of amides is 1. The lowest BCUT2D eigenvalue weighted by atomic mass is 9.95. The zero-order valence-corrected chi connectivity index (χ0v) is 20.4. The molecule has 1 aliphatic heterocycles. The van der Waals surface area contributed by atoms with Crippen molar-refractivity contribution in [3.63, 3.8) is 0 Å². The van der Waals surface area contributed by atoms with Gasteiger partial charge >= 0.3 is 0 Å². The number of methoxy groups -OCH3 is 2. The second-order valence-corrected chi connectivity index (χ2v) is 8.95. The van der Waals surface area contributed by atoms with Crippen molar-refractivity contribution < 1.29 is 18.7 Å². The standard InChI is InChI=1S/C28H34N2O4/c1-20-7-11-22(12-8-20)26-19-29-27(34-26)15-16-28(31)30-17-5-4-6-23(30)13-9-21-10-14-24(32-2)25(18-21)33-3/h7-8,10-12,14,18-19,23H,4-6,9,13,15-17H2,1-3H3. The summed E-state index contributed by atoms with van der Waals surface area (Å²) in [5.41, 5.74) is 3.40. The third-order valence-electron chi connectivity index (χ3n) is 6.60. The van der Waals surface area contributed by atoms with E-state index in [0.29, 0.717) is 18.7 Å². The highest BCUT2D eigenvalue weighted by atomic mass is 16.5. The first-order valence-electron chi connectivity index (χ1n) is 12.1. The maximum atomic E-state index is 13.1. The Balaban J connectivity index is 1.33. The summed E-state index contributed by atoms with van der Waals surface area (Å²) in [5, 5.41) is 0. The van der Waals surface area contributed by atoms with Crippen molar-refractivity contribution in [2.45, 2.75) is 57.9 Å². The SMILES string of the molecule is COc1ccc(CCC2CCCCN2C(=O)CCc2ncc(-c3ccc(C)cc3)o2)cc1OC. The molecule has 6 nitrogen and oxygen atoms in total. The lowest BCUT2D eigenvalue weighted by molar-refractivity contribution is -0.135. The van der Waals surface area contributed by atoms with Gasteiger partial charge in [-0.3, -0.25) is 4.79 Å². The zero-order valence-electron chi connectivity index (χ0n) is 20.4. The van der Waals surface area contributed by atoms with E-state index >= 15 is 0 Å². The predicted molar refractivity (Wildman–Crippen MR) is 132 cm³/mol. The monoisotopic (exact) mass is 462 g/mol. The van der Waals surface area contributed by atoms with Crippen LogP contribution in [-0.2, 0) is 17.6 Å². The van der Waals surface area contributed by atoms with Gasteiger partial charge in [-0.05, 0) is 56.7 Å². The molecule has 0 bridgehead atoms. The van der Waals surface area contributed by atoms with E-state index in [4.69, 9.17) is 13.9 Å². The summed E-state index contributed by atoms with van der Waals surface area (Å²) in [6.45, 7) is 2.89. The van der Waals surface area contributed by atoms with Gasteiger partial charge in [0, 0.05) is 31.0 Å². The highest BCUT2D eigenvalue weighted by Crippen LogP contribution is 2.29. The molecule has 1 aliphatic rings. The summed E-state index contributed by atoms with van der Waals surface area (Å²) in [7, 11) is 3.30. The molecule has 2 aromatic carbocycles. The Morgan fingerprint density at radius 1 is 1.06 bits per heavy atom. The Bertz CT molecular complexity index is 1090. The minimum absolute atomic E-state index is 0.187. The van der Waals surface area contributed by atoms with E-state index in [1.54, 1.807) is 20.4 Å². The van der Waals surface area contributed by atoms with Crippen molar-refractivity contribution >= 4 is 5.91 Å². The molecule has 1 unspecified atom stereocenters. The normalized spacial score (nSPS) is 15.9. The highest BCUT2D eigenvalue weighted by molar-refractivity contribution is 5.76. The summed E-state index contributed by atoms with van der Waals surface area (Å²) < 4.78 is 16.7. The molecule has 180 valence electrons. The number of rotatable bonds is 9. The van der Waals surface area contributed by atoms with Crippen LogP contribution in [0.3, 0.4) is 0 Å². The fourth-order valence-corrected chi connectivity index (χ4v) is 4.63. The first-order chi connectivity index (χ1) is 16.6. The molecule has 1 aromatic heterocycles. The first-order valence-corrected chi connectivity index (χ1v) is 12.1. The minimum Gasteiger partial charge on any atom is -0.493 e. The predicted octanol–water partition coefficient (Wildman–Crippen LogP) is 5.61. The maximum absolute atomic E-state index is 13.1. The molecule has 1 atom stereocenters. The number of likely N-dealkylation sites (tertiary alicyclic amines) is 1. The molecule has 1 fully saturated rings. The topological polar surface area (TPSA) is 64.8 Å². The lowest BCUT2D eigenvalue weighted by Gasteiger charge is -2.36. The van der Waals surface area contributed by atoms with E-state index in [1.807, 2.05) is 24.3 Å². The van der Waals surface area contributed by atoms with Gasteiger partial charge in [-0.15, -0.1) is 0 Å². The Morgan fingerprint density at radius 3 is 2.62 bits per heavy atom. The van der Waals surface area contributed by atoms with Crippen molar-refractivity contribution in [2.75, 3.05) is 20.8 Å². The third kappa shape index (κ3) is 5.79. The number of aromatic nitrogens is 1. The summed E-state index contributed by atoms with van der Waals surface area (Å²) in [5.74, 6) is 3.02. The van der Waals surface area contributed by atoms with Crippen LogP contribution in [0.1, 0.15) is 49.1 Å². The number of nitrogens with zero attached hydrogens (tertiary/aromatic N) is 2. The number of benzene rings is 2. The van der Waals surface area contributed by atoms with Gasteiger partial charge in [0.25, 0.3) is 0 Å². The molecule has 1 saturated heterocycles. The van der Waals surface area contributed by atoms with E-state index in [-0.39, 0.29) is 11.9 Å². The minimum atomic E-state index is 0.187. The Hall–Kier alpha value is -3.28. The van der Waals surface area contributed by atoms with Crippen molar-refractivity contribution in [1.29, 1.82) is 0 Å². The molecule has 0 N–H and O–H groups in total. The van der Waals surface area contributed by atoms with Crippen LogP contribution in [0.2, 0.25) is 0 Å². The van der Waals surface area contributed by atoms with Gasteiger partial charge in [0.05, 0.1) is 20.4 Å². The number of aryl methyl sites for hydroxylation is 3. The molecule has 3 aromatic rings. The average molecular weight is 463 g/mol. The molecule has 0 aliphatic carbocycles. The van der Waals surface area contributed by atoms with Crippen LogP contribution < -0.4 is 9.47 Å². The molecule has 4 rings (SSSR count). The van der Waals surface area contributed by atoms with Gasteiger partial charge in [-0.1, -0.05) is 35.9 Å². The Morgan fingerprint density at radius 2 is 1.85 bits per heavy atom. The molecule has 0 radical (unpaired) electrons. The van der Waals surface area contributed by atoms with Crippen LogP contribution in [0.4, 0.5) is 0 Å². The summed E-state index contributed by atoms with van der Waals surface area (Å²) >= 11 is 0. The van der Waals surface area contributed by atoms with Crippen LogP contribution in [-0.4, -0.2) is 42.6 Å². The van der Waals surface area contributed by atoms with Gasteiger partial charge in [0.15, 0.2) is 23.1 Å². The molecular weight excluding hydrogens is 428 g/mol. The number of hydrogen-bond donors (Lipinski definition) is 0. The Kier molecular flexibility index (Phi) is 7.88. The second-order valence-electron chi connectivity index (χ2n) is 8.95. The van der Waals surface area contributed by atoms with Gasteiger partial charge < -0.3 is 18.8 Å². The number of oxazole rings is 1. The van der Waals surface area contributed by atoms with Crippen molar-refractivity contribution in [2.24, 2.45) is 0 Å². The second kappa shape index (κ2) is 11.2. The molecule has 1 amide bonds. The quantitative estimate of drug-likeness (QED) is 0.413. The number of ether oxygens (including phenoxy) is 2. The number of hydrogen-bond acceptors (Lipinski definition) is 5. The van der Waals surface area contributed by atoms with Crippen LogP contribution in [0.25, 0.3) is 11.3 Å². The molecular formula is C28H34N2O4. The Labute approximate surface area is 201 Å². The fourth-order valence-electron chi connectivity index (χ4n) is 4.63. The molecule has 2 heterocycles. The van der Waals surface area contributed by atoms with Gasteiger partial charge in [0.2, 0.25) is 5.91 Å². The van der Waals surface area contributed by atoms with E-state index in [0.717, 1.165) is 55.1 Å². The van der Waals surface area contributed by atoms with E-state index in [9.17, 15) is 4.79 Å². The van der Waals surface area contributed by atoms with E-state index in [2.05, 4.69) is 35.0 Å². The lowest BCUT2D eigenvalue weighted by Crippen LogP contribution is -2.44. The van der Waals surface area contributed by atoms with Crippen molar-refractivity contribution in [3.05, 3.63) is 65.7 Å². The average Bonchev–Trinajstić information content (AvgIpc) is 3.35. The van der Waals surface area contributed by atoms with Gasteiger partial charge in [0.1, 0.15) is 0 Å². The van der Waals surface area contributed by atoms with Crippen LogP contribution >= 0.6 is 0 Å². The number of piperidine rings is 1. The largest absolute Gasteiger partial charge is 0.493 e. The van der Waals surface area contributed by atoms with Crippen LogP contribution in [0, 0.1) is 6.92 Å². The van der Waals surface area contributed by atoms with E-state index < -0.39 is 0 Å². The number of carbonyl (C=O) groups excluding carboxylic acids is 1. The van der Waals surface area contributed by atoms with Gasteiger partial charge in [-0.25, -0.2) is 4.98 Å². The zero-order chi connectivity index (χ0) is 23.9. The highest BCUT2D eigenvalue weighted by Gasteiger charge is 2.26. The fraction of sp³-hybridized carbons (Fsp3) is 0.429. The maximum Gasteiger partial charge on any atom is 0.223 e. The van der Waals surface area contributed by atoms with Crippen LogP contribution in [0.15, 0.2) is 53.1 Å². The van der Waals surface area contributed by atoms with Crippen molar-refractivity contribution in [3.8, 4) is 22.8 Å². The number of carbonyl (C=O) groups is 1. The molecule has 0 spiro atoms. The summed E-state index contributed by atoms with van der Waals surface area (Å²) in [6.07, 6.45) is 7.80. The van der Waals surface area contributed by atoms with Crippen molar-refractivity contribution in [1.82, 2.24) is 9.88 Å². The smallest absolute Gasteiger partial charge is 0.223 e. The molecule has 6 heteroatoms. The third-order valence-corrected chi connectivity index (χ3v) is 6.60. The van der Waals surface area contributed by atoms with E-state index in [1.165, 1.54) is 17.5 Å².